The summed E-state index contributed by atoms with van der Waals surface area (Å²) in [5, 5.41) is 25.0. The smallest absolute Gasteiger partial charge is 0.273 e. The molecule has 3 aromatic carbocycles. The minimum Gasteiger partial charge on any atom is -0.504 e. The quantitative estimate of drug-likeness (QED) is 0.303. The molecule has 0 aliphatic rings. The molecule has 0 aliphatic carbocycles. The summed E-state index contributed by atoms with van der Waals surface area (Å²) in [6.45, 7) is 0. The van der Waals surface area contributed by atoms with Crippen molar-refractivity contribution in [3.05, 3.63) is 89.2 Å². The van der Waals surface area contributed by atoms with E-state index in [1.54, 1.807) is 12.1 Å². The number of hydrazone groups is 1. The molecule has 0 aromatic heterocycles. The Morgan fingerprint density at radius 3 is 2.28 bits per heavy atom. The fourth-order valence-electron chi connectivity index (χ4n) is 2.47. The average Bonchev–Trinajstić information content (AvgIpc) is 2.71. The number of phenols is 2. The largest absolute Gasteiger partial charge is 0.504 e. The van der Waals surface area contributed by atoms with Crippen LogP contribution in [0.3, 0.4) is 0 Å². The SMILES string of the molecule is O=C(Nc1ccccc1C(=O)NN=Cc1ccc(O)c(O)c1)c1ccccc1F. The zero-order valence-corrected chi connectivity index (χ0v) is 15.0. The molecule has 7 nitrogen and oxygen atoms in total. The molecule has 8 heteroatoms. The zero-order valence-electron chi connectivity index (χ0n) is 15.0. The number of hydrogen-bond acceptors (Lipinski definition) is 5. The van der Waals surface area contributed by atoms with Crippen LogP contribution in [0.15, 0.2) is 71.8 Å². The van der Waals surface area contributed by atoms with Crippen molar-refractivity contribution in [2.45, 2.75) is 0 Å². The van der Waals surface area contributed by atoms with Crippen LogP contribution in [0.5, 0.6) is 11.5 Å². The lowest BCUT2D eigenvalue weighted by Crippen LogP contribution is -2.21. The van der Waals surface area contributed by atoms with Gasteiger partial charge < -0.3 is 15.5 Å². The number of hydrogen-bond donors (Lipinski definition) is 4. The highest BCUT2D eigenvalue weighted by Gasteiger charge is 2.15. The number of halogens is 1. The van der Waals surface area contributed by atoms with Gasteiger partial charge in [0, 0.05) is 0 Å². The normalized spacial score (nSPS) is 10.7. The Kier molecular flexibility index (Phi) is 5.84. The number of nitrogens with one attached hydrogen (secondary N) is 2. The van der Waals surface area contributed by atoms with E-state index in [-0.39, 0.29) is 28.3 Å². The third-order valence-corrected chi connectivity index (χ3v) is 3.92. The molecule has 0 spiro atoms. The van der Waals surface area contributed by atoms with E-state index >= 15 is 0 Å². The van der Waals surface area contributed by atoms with Gasteiger partial charge in [0.05, 0.1) is 23.0 Å². The summed E-state index contributed by atoms with van der Waals surface area (Å²) in [6.07, 6.45) is 1.28. The monoisotopic (exact) mass is 393 g/mol. The minimum absolute atomic E-state index is 0.128. The summed E-state index contributed by atoms with van der Waals surface area (Å²) in [5.74, 6) is -2.55. The van der Waals surface area contributed by atoms with Gasteiger partial charge in [-0.1, -0.05) is 24.3 Å². The molecule has 0 fully saturated rings. The molecule has 0 bridgehead atoms. The second kappa shape index (κ2) is 8.66. The molecule has 0 unspecified atom stereocenters. The van der Waals surface area contributed by atoms with Crippen LogP contribution in [0.1, 0.15) is 26.3 Å². The Balaban J connectivity index is 1.73. The number of para-hydroxylation sites is 1. The van der Waals surface area contributed by atoms with Crippen LogP contribution in [-0.2, 0) is 0 Å². The number of nitrogens with zero attached hydrogens (tertiary/aromatic N) is 1. The number of anilines is 1. The Morgan fingerprint density at radius 2 is 1.55 bits per heavy atom. The first-order valence-corrected chi connectivity index (χ1v) is 8.46. The van der Waals surface area contributed by atoms with Gasteiger partial charge in [-0.15, -0.1) is 0 Å². The van der Waals surface area contributed by atoms with E-state index in [0.717, 1.165) is 0 Å². The van der Waals surface area contributed by atoms with Crippen molar-refractivity contribution in [2.75, 3.05) is 5.32 Å². The Labute approximate surface area is 165 Å². The fourth-order valence-corrected chi connectivity index (χ4v) is 2.47. The molecule has 2 amide bonds. The van der Waals surface area contributed by atoms with Crippen molar-refractivity contribution >= 4 is 23.7 Å². The first-order chi connectivity index (χ1) is 14.0. The molecule has 4 N–H and O–H groups in total. The Morgan fingerprint density at radius 1 is 0.862 bits per heavy atom. The maximum absolute atomic E-state index is 13.8. The highest BCUT2D eigenvalue weighted by molar-refractivity contribution is 6.09. The van der Waals surface area contributed by atoms with Gasteiger partial charge in [-0.05, 0) is 48.0 Å². The summed E-state index contributed by atoms with van der Waals surface area (Å²) in [4.78, 5) is 24.7. The van der Waals surface area contributed by atoms with E-state index in [1.165, 1.54) is 60.8 Å². The molecule has 0 atom stereocenters. The van der Waals surface area contributed by atoms with Crippen LogP contribution in [0.25, 0.3) is 0 Å². The number of carbonyl (C=O) groups excluding carboxylic acids is 2. The van der Waals surface area contributed by atoms with E-state index < -0.39 is 17.6 Å². The first kappa shape index (κ1) is 19.6. The van der Waals surface area contributed by atoms with Crippen LogP contribution in [0.2, 0.25) is 0 Å². The van der Waals surface area contributed by atoms with Crippen molar-refractivity contribution in [1.82, 2.24) is 5.43 Å². The van der Waals surface area contributed by atoms with Gasteiger partial charge in [-0.3, -0.25) is 9.59 Å². The third kappa shape index (κ3) is 4.75. The molecule has 0 radical (unpaired) electrons. The summed E-state index contributed by atoms with van der Waals surface area (Å²) < 4.78 is 13.8. The Hall–Kier alpha value is -4.20. The van der Waals surface area contributed by atoms with Gasteiger partial charge in [0.15, 0.2) is 11.5 Å². The van der Waals surface area contributed by atoms with E-state index in [9.17, 15) is 24.2 Å². The molecule has 0 saturated heterocycles. The van der Waals surface area contributed by atoms with E-state index in [2.05, 4.69) is 15.8 Å². The zero-order chi connectivity index (χ0) is 20.8. The van der Waals surface area contributed by atoms with Gasteiger partial charge in [0.2, 0.25) is 0 Å². The topological polar surface area (TPSA) is 111 Å². The van der Waals surface area contributed by atoms with Gasteiger partial charge in [0.1, 0.15) is 5.82 Å². The number of phenolic OH excluding ortho intramolecular Hbond substituents is 2. The van der Waals surface area contributed by atoms with Crippen LogP contribution in [0.4, 0.5) is 10.1 Å². The molecule has 3 aromatic rings. The van der Waals surface area contributed by atoms with Crippen molar-refractivity contribution in [2.24, 2.45) is 5.10 Å². The molecule has 0 aliphatic heterocycles. The van der Waals surface area contributed by atoms with Crippen LogP contribution < -0.4 is 10.7 Å². The van der Waals surface area contributed by atoms with Gasteiger partial charge in [-0.2, -0.15) is 5.10 Å². The number of aromatic hydroxyl groups is 2. The van der Waals surface area contributed by atoms with Crippen LogP contribution in [-0.4, -0.2) is 28.2 Å². The number of benzene rings is 3. The van der Waals surface area contributed by atoms with Crippen molar-refractivity contribution < 1.29 is 24.2 Å². The van der Waals surface area contributed by atoms with Crippen molar-refractivity contribution in [3.8, 4) is 11.5 Å². The second-order valence-electron chi connectivity index (χ2n) is 5.93. The second-order valence-corrected chi connectivity index (χ2v) is 5.93. The summed E-state index contributed by atoms with van der Waals surface area (Å²) in [5.41, 5.74) is 2.93. The van der Waals surface area contributed by atoms with Gasteiger partial charge in [0.25, 0.3) is 11.8 Å². The van der Waals surface area contributed by atoms with E-state index in [4.69, 9.17) is 0 Å². The summed E-state index contributed by atoms with van der Waals surface area (Å²) in [6, 6.07) is 15.8. The lowest BCUT2D eigenvalue weighted by molar-refractivity contribution is 0.0956. The fraction of sp³-hybridized carbons (Fsp3) is 0. The highest BCUT2D eigenvalue weighted by Crippen LogP contribution is 2.24. The van der Waals surface area contributed by atoms with Crippen molar-refractivity contribution in [3.63, 3.8) is 0 Å². The maximum Gasteiger partial charge on any atom is 0.273 e. The molecule has 0 heterocycles. The van der Waals surface area contributed by atoms with Gasteiger partial charge >= 0.3 is 0 Å². The number of rotatable bonds is 5. The average molecular weight is 393 g/mol. The third-order valence-electron chi connectivity index (χ3n) is 3.92. The van der Waals surface area contributed by atoms with Crippen LogP contribution in [0, 0.1) is 5.82 Å². The standard InChI is InChI=1S/C21H16FN3O4/c22-16-7-3-1-5-14(16)20(28)24-17-8-4-2-6-15(17)21(29)25-23-12-13-9-10-18(26)19(27)11-13/h1-12,26-27H,(H,24,28)(H,25,29). The first-order valence-electron chi connectivity index (χ1n) is 8.46. The summed E-state index contributed by atoms with van der Waals surface area (Å²) >= 11 is 0. The summed E-state index contributed by atoms with van der Waals surface area (Å²) in [7, 11) is 0. The van der Waals surface area contributed by atoms with E-state index in [0.29, 0.717) is 5.56 Å². The molecular weight excluding hydrogens is 377 g/mol. The Bertz CT molecular complexity index is 1100. The lowest BCUT2D eigenvalue weighted by Gasteiger charge is -2.10. The van der Waals surface area contributed by atoms with Crippen LogP contribution >= 0.6 is 0 Å². The molecule has 146 valence electrons. The van der Waals surface area contributed by atoms with E-state index in [1.807, 2.05) is 0 Å². The highest BCUT2D eigenvalue weighted by atomic mass is 19.1. The molecular formula is C21H16FN3O4. The molecule has 3 rings (SSSR count). The molecule has 29 heavy (non-hydrogen) atoms. The lowest BCUT2D eigenvalue weighted by atomic mass is 10.1. The maximum atomic E-state index is 13.8. The van der Waals surface area contributed by atoms with Gasteiger partial charge in [-0.25, -0.2) is 9.82 Å². The number of carbonyl (C=O) groups is 2. The minimum atomic E-state index is -0.689. The van der Waals surface area contributed by atoms with Crippen molar-refractivity contribution in [1.29, 1.82) is 0 Å². The predicted molar refractivity (Wildman–Crippen MR) is 106 cm³/mol. The number of amides is 2. The predicted octanol–water partition coefficient (Wildman–Crippen LogP) is 3.25. The molecule has 0 saturated carbocycles.